The van der Waals surface area contributed by atoms with Crippen molar-refractivity contribution < 1.29 is 14.3 Å². The van der Waals surface area contributed by atoms with Crippen molar-refractivity contribution in [3.8, 4) is 0 Å². The maximum Gasteiger partial charge on any atom is 0.337 e. The van der Waals surface area contributed by atoms with E-state index in [4.69, 9.17) is 4.42 Å². The molecule has 0 aliphatic heterocycles. The lowest BCUT2D eigenvalue weighted by molar-refractivity contribution is 0.0694. The lowest BCUT2D eigenvalue weighted by Gasteiger charge is -2.11. The van der Waals surface area contributed by atoms with E-state index in [2.05, 4.69) is 28.6 Å². The van der Waals surface area contributed by atoms with Crippen LogP contribution in [0.4, 0.5) is 0 Å². The van der Waals surface area contributed by atoms with E-state index in [9.17, 15) is 9.90 Å². The molecule has 0 aliphatic rings. The van der Waals surface area contributed by atoms with E-state index in [1.54, 1.807) is 6.26 Å². The third-order valence-electron chi connectivity index (χ3n) is 5.11. The molecule has 146 valence electrons. The number of rotatable bonds is 9. The van der Waals surface area contributed by atoms with Gasteiger partial charge in [-0.3, -0.25) is 0 Å². The van der Waals surface area contributed by atoms with Crippen LogP contribution in [0.15, 0.2) is 53.7 Å². The Hall–Kier alpha value is -3.05. The van der Waals surface area contributed by atoms with Gasteiger partial charge in [-0.05, 0) is 37.1 Å². The van der Waals surface area contributed by atoms with Gasteiger partial charge in [-0.2, -0.15) is 0 Å². The fraction of sp³-hybridized carbons (Fsp3) is 0.261. The van der Waals surface area contributed by atoms with E-state index in [1.165, 1.54) is 0 Å². The molecule has 2 N–H and O–H groups in total. The SMILES string of the molecule is C=Cc1ccc(Cn2c(C)c(CNCCc3ccco3)c(C(=O)O)c2C)cc1. The van der Waals surface area contributed by atoms with Crippen LogP contribution in [0.3, 0.4) is 0 Å². The van der Waals surface area contributed by atoms with Crippen molar-refractivity contribution in [1.29, 1.82) is 0 Å². The zero-order valence-electron chi connectivity index (χ0n) is 16.4. The zero-order valence-corrected chi connectivity index (χ0v) is 16.4. The Labute approximate surface area is 165 Å². The first-order valence-electron chi connectivity index (χ1n) is 9.37. The molecule has 5 nitrogen and oxygen atoms in total. The minimum Gasteiger partial charge on any atom is -0.478 e. The van der Waals surface area contributed by atoms with Crippen LogP contribution in [0.2, 0.25) is 0 Å². The molecule has 0 aliphatic carbocycles. The van der Waals surface area contributed by atoms with Crippen LogP contribution in [0, 0.1) is 13.8 Å². The summed E-state index contributed by atoms with van der Waals surface area (Å²) in [6.45, 7) is 9.51. The molecule has 0 radical (unpaired) electrons. The van der Waals surface area contributed by atoms with E-state index >= 15 is 0 Å². The van der Waals surface area contributed by atoms with Gasteiger partial charge >= 0.3 is 5.97 Å². The van der Waals surface area contributed by atoms with Gasteiger partial charge in [0.2, 0.25) is 0 Å². The second-order valence-corrected chi connectivity index (χ2v) is 6.87. The number of carbonyl (C=O) groups is 1. The second kappa shape index (κ2) is 8.76. The topological polar surface area (TPSA) is 67.4 Å². The number of carboxylic acids is 1. The molecule has 3 aromatic rings. The number of furan rings is 1. The predicted molar refractivity (Wildman–Crippen MR) is 111 cm³/mol. The summed E-state index contributed by atoms with van der Waals surface area (Å²) in [4.78, 5) is 11.9. The third-order valence-corrected chi connectivity index (χ3v) is 5.11. The van der Waals surface area contributed by atoms with Crippen molar-refractivity contribution in [2.75, 3.05) is 6.54 Å². The second-order valence-electron chi connectivity index (χ2n) is 6.87. The van der Waals surface area contributed by atoms with E-state index in [-0.39, 0.29) is 0 Å². The lowest BCUT2D eigenvalue weighted by Crippen LogP contribution is -2.18. The van der Waals surface area contributed by atoms with Gasteiger partial charge < -0.3 is 19.4 Å². The minimum absolute atomic E-state index is 0.394. The molecule has 0 saturated heterocycles. The molecule has 0 saturated carbocycles. The van der Waals surface area contributed by atoms with Gasteiger partial charge in [0, 0.05) is 43.0 Å². The van der Waals surface area contributed by atoms with Crippen molar-refractivity contribution in [3.05, 3.63) is 88.6 Å². The van der Waals surface area contributed by atoms with E-state index in [1.807, 2.05) is 44.2 Å². The maximum atomic E-state index is 11.9. The summed E-state index contributed by atoms with van der Waals surface area (Å²) in [6.07, 6.45) is 4.24. The number of benzene rings is 1. The number of carboxylic acid groups (broad SMARTS) is 1. The molecule has 2 heterocycles. The first-order valence-corrected chi connectivity index (χ1v) is 9.37. The van der Waals surface area contributed by atoms with Gasteiger partial charge in [0.15, 0.2) is 0 Å². The number of hydrogen-bond donors (Lipinski definition) is 2. The summed E-state index contributed by atoms with van der Waals surface area (Å²) in [7, 11) is 0. The Morgan fingerprint density at radius 1 is 1.21 bits per heavy atom. The molecule has 0 amide bonds. The minimum atomic E-state index is -0.885. The number of hydrogen-bond acceptors (Lipinski definition) is 3. The Morgan fingerprint density at radius 3 is 2.57 bits per heavy atom. The van der Waals surface area contributed by atoms with Crippen LogP contribution < -0.4 is 5.32 Å². The molecule has 5 heteroatoms. The number of aromatic carboxylic acids is 1. The Bertz CT molecular complexity index is 951. The molecule has 2 aromatic heterocycles. The normalized spacial score (nSPS) is 10.9. The van der Waals surface area contributed by atoms with E-state index in [0.717, 1.165) is 46.8 Å². The van der Waals surface area contributed by atoms with Crippen LogP contribution >= 0.6 is 0 Å². The molecule has 0 fully saturated rings. The highest BCUT2D eigenvalue weighted by Gasteiger charge is 2.22. The van der Waals surface area contributed by atoms with Gasteiger partial charge in [0.25, 0.3) is 0 Å². The summed E-state index contributed by atoms with van der Waals surface area (Å²) >= 11 is 0. The molecule has 3 rings (SSSR count). The van der Waals surface area contributed by atoms with Gasteiger partial charge in [0.05, 0.1) is 11.8 Å². The fourth-order valence-corrected chi connectivity index (χ4v) is 3.51. The van der Waals surface area contributed by atoms with Crippen molar-refractivity contribution in [3.63, 3.8) is 0 Å². The van der Waals surface area contributed by atoms with Crippen molar-refractivity contribution >= 4 is 12.0 Å². The summed E-state index contributed by atoms with van der Waals surface area (Å²) in [6, 6.07) is 12.0. The van der Waals surface area contributed by atoms with Crippen LogP contribution in [-0.2, 0) is 19.5 Å². The summed E-state index contributed by atoms with van der Waals surface area (Å²) in [5, 5.41) is 13.1. The van der Waals surface area contributed by atoms with Gasteiger partial charge in [-0.15, -0.1) is 0 Å². The highest BCUT2D eigenvalue weighted by Crippen LogP contribution is 2.24. The lowest BCUT2D eigenvalue weighted by atomic mass is 10.1. The Balaban J connectivity index is 1.77. The van der Waals surface area contributed by atoms with E-state index in [0.29, 0.717) is 18.7 Å². The Morgan fingerprint density at radius 2 is 1.96 bits per heavy atom. The largest absolute Gasteiger partial charge is 0.478 e. The van der Waals surface area contributed by atoms with Gasteiger partial charge in [-0.25, -0.2) is 4.79 Å². The Kier molecular flexibility index (Phi) is 6.16. The fourth-order valence-electron chi connectivity index (χ4n) is 3.51. The monoisotopic (exact) mass is 378 g/mol. The average molecular weight is 378 g/mol. The molecule has 0 bridgehead atoms. The quantitative estimate of drug-likeness (QED) is 0.541. The van der Waals surface area contributed by atoms with Gasteiger partial charge in [0.1, 0.15) is 5.76 Å². The molecular weight excluding hydrogens is 352 g/mol. The van der Waals surface area contributed by atoms with Crippen LogP contribution in [-0.4, -0.2) is 22.2 Å². The first-order chi connectivity index (χ1) is 13.5. The van der Waals surface area contributed by atoms with Gasteiger partial charge in [-0.1, -0.05) is 36.9 Å². The van der Waals surface area contributed by atoms with Crippen LogP contribution in [0.5, 0.6) is 0 Å². The summed E-state index contributed by atoms with van der Waals surface area (Å²) in [5.41, 5.74) is 5.19. The highest BCUT2D eigenvalue weighted by molar-refractivity contribution is 5.91. The average Bonchev–Trinajstić information content (AvgIpc) is 3.28. The maximum absolute atomic E-state index is 11.9. The summed E-state index contributed by atoms with van der Waals surface area (Å²) < 4.78 is 7.41. The number of nitrogens with zero attached hydrogens (tertiary/aromatic N) is 1. The van der Waals surface area contributed by atoms with Crippen molar-refractivity contribution in [1.82, 2.24) is 9.88 Å². The smallest absolute Gasteiger partial charge is 0.337 e. The molecule has 0 atom stereocenters. The van der Waals surface area contributed by atoms with Crippen molar-refractivity contribution in [2.24, 2.45) is 0 Å². The highest BCUT2D eigenvalue weighted by atomic mass is 16.4. The molecule has 28 heavy (non-hydrogen) atoms. The van der Waals surface area contributed by atoms with Crippen LogP contribution in [0.1, 0.15) is 44.2 Å². The molecule has 1 aromatic carbocycles. The summed E-state index contributed by atoms with van der Waals surface area (Å²) in [5.74, 6) is 0.0311. The predicted octanol–water partition coefficient (Wildman–Crippen LogP) is 4.42. The first kappa shape index (κ1) is 19.7. The molecular formula is C23H26N2O3. The van der Waals surface area contributed by atoms with Crippen LogP contribution in [0.25, 0.3) is 6.08 Å². The molecule has 0 unspecified atom stereocenters. The third kappa shape index (κ3) is 4.26. The van der Waals surface area contributed by atoms with Crippen molar-refractivity contribution in [2.45, 2.75) is 33.4 Å². The number of nitrogens with one attached hydrogen (secondary N) is 1. The van der Waals surface area contributed by atoms with E-state index < -0.39 is 5.97 Å². The standard InChI is InChI=1S/C23H26N2O3/c1-4-18-7-9-19(10-8-18)15-25-16(2)21(22(17(25)3)23(26)27)14-24-12-11-20-6-5-13-28-20/h4-10,13,24H,1,11-12,14-15H2,2-3H3,(H,26,27). The number of aromatic nitrogens is 1. The zero-order chi connectivity index (χ0) is 20.1. The molecule has 0 spiro atoms.